The van der Waals surface area contributed by atoms with Crippen molar-refractivity contribution >= 4 is 11.9 Å². The summed E-state index contributed by atoms with van der Waals surface area (Å²) >= 11 is 0. The molecule has 23 heavy (non-hydrogen) atoms. The van der Waals surface area contributed by atoms with Crippen molar-refractivity contribution in [2.45, 2.75) is 66.2 Å². The number of ether oxygens (including phenoxy) is 2. The minimum absolute atomic E-state index is 0.0400. The van der Waals surface area contributed by atoms with E-state index in [-0.39, 0.29) is 24.2 Å². The van der Waals surface area contributed by atoms with Gasteiger partial charge in [0.2, 0.25) is 5.91 Å². The van der Waals surface area contributed by atoms with E-state index in [1.54, 1.807) is 11.8 Å². The molecule has 1 amide bonds. The zero-order valence-corrected chi connectivity index (χ0v) is 15.4. The normalized spacial score (nSPS) is 10.8. The largest absolute Gasteiger partial charge is 0.466 e. The van der Waals surface area contributed by atoms with E-state index in [1.165, 1.54) is 0 Å². The molecule has 0 rings (SSSR count). The van der Waals surface area contributed by atoms with Gasteiger partial charge >= 0.3 is 5.97 Å². The molecule has 0 aromatic heterocycles. The summed E-state index contributed by atoms with van der Waals surface area (Å²) in [6, 6.07) is 0. The van der Waals surface area contributed by atoms with Gasteiger partial charge in [-0.05, 0) is 32.6 Å². The molecule has 0 aliphatic carbocycles. The summed E-state index contributed by atoms with van der Waals surface area (Å²) in [4.78, 5) is 25.9. The van der Waals surface area contributed by atoms with Crippen molar-refractivity contribution in [2.75, 3.05) is 32.9 Å². The third kappa shape index (κ3) is 10.3. The van der Waals surface area contributed by atoms with E-state index in [4.69, 9.17) is 9.47 Å². The number of amides is 1. The fraction of sp³-hybridized carbons (Fsp3) is 0.889. The maximum atomic E-state index is 12.6. The molecule has 0 aliphatic rings. The van der Waals surface area contributed by atoms with Crippen LogP contribution in [-0.2, 0) is 19.1 Å². The van der Waals surface area contributed by atoms with Crippen molar-refractivity contribution in [3.63, 3.8) is 0 Å². The second kappa shape index (κ2) is 14.5. The SMILES string of the molecule is CCCCOCCCN(CCC(=O)OCC)C(=O)C(CC)CC. The highest BCUT2D eigenvalue weighted by molar-refractivity contribution is 5.79. The molecule has 0 aromatic rings. The quantitative estimate of drug-likeness (QED) is 0.362. The molecule has 0 heterocycles. The average Bonchev–Trinajstić information content (AvgIpc) is 2.54. The lowest BCUT2D eigenvalue weighted by atomic mass is 10.0. The van der Waals surface area contributed by atoms with Gasteiger partial charge in [-0.25, -0.2) is 0 Å². The molecule has 0 atom stereocenters. The van der Waals surface area contributed by atoms with Gasteiger partial charge in [-0.1, -0.05) is 27.2 Å². The van der Waals surface area contributed by atoms with Gasteiger partial charge in [0.15, 0.2) is 0 Å². The first-order valence-electron chi connectivity index (χ1n) is 9.12. The molecule has 0 unspecified atom stereocenters. The van der Waals surface area contributed by atoms with E-state index >= 15 is 0 Å². The summed E-state index contributed by atoms with van der Waals surface area (Å²) in [6.07, 6.45) is 4.92. The monoisotopic (exact) mass is 329 g/mol. The van der Waals surface area contributed by atoms with Crippen molar-refractivity contribution in [2.24, 2.45) is 5.92 Å². The number of esters is 1. The predicted octanol–water partition coefficient (Wildman–Crippen LogP) is 3.41. The average molecular weight is 329 g/mol. The van der Waals surface area contributed by atoms with Crippen LogP contribution in [0.4, 0.5) is 0 Å². The van der Waals surface area contributed by atoms with Crippen LogP contribution in [0.15, 0.2) is 0 Å². The van der Waals surface area contributed by atoms with Gasteiger partial charge in [-0.2, -0.15) is 0 Å². The van der Waals surface area contributed by atoms with Gasteiger partial charge in [-0.15, -0.1) is 0 Å². The Balaban J connectivity index is 4.36. The Morgan fingerprint density at radius 2 is 1.61 bits per heavy atom. The van der Waals surface area contributed by atoms with Crippen molar-refractivity contribution < 1.29 is 19.1 Å². The lowest BCUT2D eigenvalue weighted by molar-refractivity contribution is -0.144. The van der Waals surface area contributed by atoms with E-state index in [2.05, 4.69) is 6.92 Å². The number of nitrogens with zero attached hydrogens (tertiary/aromatic N) is 1. The minimum Gasteiger partial charge on any atom is -0.466 e. The number of unbranched alkanes of at least 4 members (excludes halogenated alkanes) is 1. The van der Waals surface area contributed by atoms with Gasteiger partial charge in [0.1, 0.15) is 0 Å². The van der Waals surface area contributed by atoms with E-state index in [9.17, 15) is 9.59 Å². The molecule has 0 aliphatic heterocycles. The summed E-state index contributed by atoms with van der Waals surface area (Å²) < 4.78 is 10.5. The van der Waals surface area contributed by atoms with Crippen molar-refractivity contribution in [3.05, 3.63) is 0 Å². The molecule has 0 bridgehead atoms. The van der Waals surface area contributed by atoms with Gasteiger partial charge in [0.05, 0.1) is 13.0 Å². The Morgan fingerprint density at radius 1 is 0.957 bits per heavy atom. The van der Waals surface area contributed by atoms with Crippen molar-refractivity contribution in [3.8, 4) is 0 Å². The van der Waals surface area contributed by atoms with Crippen LogP contribution >= 0.6 is 0 Å². The Bertz CT molecular complexity index is 316. The van der Waals surface area contributed by atoms with Crippen LogP contribution in [0.2, 0.25) is 0 Å². The standard InChI is InChI=1S/C18H35NO4/c1-5-9-14-22-15-10-12-19(13-11-17(20)23-8-4)18(21)16(6-2)7-3/h16H,5-15H2,1-4H3. The molecule has 0 spiro atoms. The molecule has 5 heteroatoms. The fourth-order valence-electron chi connectivity index (χ4n) is 2.39. The lowest BCUT2D eigenvalue weighted by Crippen LogP contribution is -2.38. The number of carbonyl (C=O) groups excluding carboxylic acids is 2. The molecule has 0 aromatic carbocycles. The van der Waals surface area contributed by atoms with Gasteiger partial charge in [0.25, 0.3) is 0 Å². The topological polar surface area (TPSA) is 55.8 Å². The second-order valence-corrected chi connectivity index (χ2v) is 5.71. The van der Waals surface area contributed by atoms with Crippen molar-refractivity contribution in [1.82, 2.24) is 4.90 Å². The summed E-state index contributed by atoms with van der Waals surface area (Å²) in [7, 11) is 0. The molecular formula is C18H35NO4. The minimum atomic E-state index is -0.242. The zero-order chi connectivity index (χ0) is 17.5. The van der Waals surface area contributed by atoms with E-state index in [0.717, 1.165) is 38.7 Å². The van der Waals surface area contributed by atoms with E-state index in [0.29, 0.717) is 26.3 Å². The van der Waals surface area contributed by atoms with Crippen molar-refractivity contribution in [1.29, 1.82) is 0 Å². The number of rotatable bonds is 14. The van der Waals surface area contributed by atoms with Gasteiger partial charge in [-0.3, -0.25) is 9.59 Å². The maximum Gasteiger partial charge on any atom is 0.307 e. The van der Waals surface area contributed by atoms with Gasteiger partial charge < -0.3 is 14.4 Å². The molecule has 0 radical (unpaired) electrons. The number of hydrogen-bond acceptors (Lipinski definition) is 4. The lowest BCUT2D eigenvalue weighted by Gasteiger charge is -2.26. The van der Waals surface area contributed by atoms with E-state index < -0.39 is 0 Å². The van der Waals surface area contributed by atoms with E-state index in [1.807, 2.05) is 13.8 Å². The van der Waals surface area contributed by atoms with Crippen LogP contribution in [0, 0.1) is 5.92 Å². The molecule has 5 nitrogen and oxygen atoms in total. The predicted molar refractivity (Wildman–Crippen MR) is 92.2 cm³/mol. The highest BCUT2D eigenvalue weighted by Gasteiger charge is 2.21. The molecular weight excluding hydrogens is 294 g/mol. The molecule has 0 N–H and O–H groups in total. The van der Waals surface area contributed by atoms with Gasteiger partial charge in [0, 0.05) is 32.2 Å². The first-order chi connectivity index (χ1) is 11.1. The fourth-order valence-corrected chi connectivity index (χ4v) is 2.39. The van der Waals surface area contributed by atoms with Crippen LogP contribution in [-0.4, -0.2) is 49.7 Å². The highest BCUT2D eigenvalue weighted by atomic mass is 16.5. The maximum absolute atomic E-state index is 12.6. The summed E-state index contributed by atoms with van der Waals surface area (Å²) in [5.74, 6) is -0.0555. The third-order valence-corrected chi connectivity index (χ3v) is 3.90. The second-order valence-electron chi connectivity index (χ2n) is 5.71. The molecule has 0 saturated carbocycles. The Hall–Kier alpha value is -1.10. The van der Waals surface area contributed by atoms with Crippen LogP contribution < -0.4 is 0 Å². The summed E-state index contributed by atoms with van der Waals surface area (Å²) in [5.41, 5.74) is 0. The molecule has 136 valence electrons. The third-order valence-electron chi connectivity index (χ3n) is 3.90. The summed E-state index contributed by atoms with van der Waals surface area (Å²) in [6.45, 7) is 10.9. The molecule has 0 saturated heterocycles. The van der Waals surface area contributed by atoms with Crippen LogP contribution in [0.25, 0.3) is 0 Å². The summed E-state index contributed by atoms with van der Waals surface area (Å²) in [5, 5.41) is 0. The Labute approximate surface area is 141 Å². The number of carbonyl (C=O) groups is 2. The first-order valence-corrected chi connectivity index (χ1v) is 9.12. The van der Waals surface area contributed by atoms with Crippen LogP contribution in [0.1, 0.15) is 66.2 Å². The molecule has 0 fully saturated rings. The van der Waals surface area contributed by atoms with Crippen LogP contribution in [0.3, 0.4) is 0 Å². The Morgan fingerprint density at radius 3 is 2.17 bits per heavy atom. The Kier molecular flexibility index (Phi) is 13.8. The smallest absolute Gasteiger partial charge is 0.307 e. The first kappa shape index (κ1) is 21.9. The number of hydrogen-bond donors (Lipinski definition) is 0. The van der Waals surface area contributed by atoms with Crippen LogP contribution in [0.5, 0.6) is 0 Å². The zero-order valence-electron chi connectivity index (χ0n) is 15.4. The highest BCUT2D eigenvalue weighted by Crippen LogP contribution is 2.13.